The summed E-state index contributed by atoms with van der Waals surface area (Å²) in [5.74, 6) is -0.0304. The molecule has 5 heteroatoms. The van der Waals surface area contributed by atoms with Crippen LogP contribution < -0.4 is 5.32 Å². The third-order valence-corrected chi connectivity index (χ3v) is 7.28. The van der Waals surface area contributed by atoms with Gasteiger partial charge < -0.3 is 15.2 Å². The molecule has 2 aromatic carbocycles. The SMILES string of the molecule is COC(=O)C1(Nc2cccc(Cl)c2)CCC2(CC1)C(C[C@H](C)CO)=Cc1ccccc12. The number of esters is 1. The number of carbonyl (C=O) groups is 1. The number of ether oxygens (including phenoxy) is 1. The molecule has 0 heterocycles. The molecule has 1 spiro atoms. The summed E-state index contributed by atoms with van der Waals surface area (Å²) in [5, 5.41) is 13.8. The maximum atomic E-state index is 13.0. The summed E-state index contributed by atoms with van der Waals surface area (Å²) in [6.07, 6.45) is 6.17. The molecule has 164 valence electrons. The molecule has 31 heavy (non-hydrogen) atoms. The highest BCUT2D eigenvalue weighted by Gasteiger charge is 2.51. The summed E-state index contributed by atoms with van der Waals surface area (Å²) in [4.78, 5) is 13.0. The number of aliphatic hydroxyl groups excluding tert-OH is 1. The zero-order valence-electron chi connectivity index (χ0n) is 18.2. The Morgan fingerprint density at radius 3 is 2.58 bits per heavy atom. The fourth-order valence-electron chi connectivity index (χ4n) is 5.36. The molecule has 2 aromatic rings. The standard InChI is InChI=1S/C26H30ClNO3/c1-18(17-29)14-20-15-19-6-3-4-9-23(19)25(20)10-12-26(13-11-25,24(30)31-2)28-22-8-5-7-21(27)16-22/h3-9,15-16,18,28-29H,10-14,17H2,1-2H3/t18-,25?,26?/m0/s1. The van der Waals surface area contributed by atoms with Crippen LogP contribution in [0.3, 0.4) is 0 Å². The minimum absolute atomic E-state index is 0.0897. The lowest BCUT2D eigenvalue weighted by Crippen LogP contribution is -2.52. The van der Waals surface area contributed by atoms with Gasteiger partial charge in [0.1, 0.15) is 5.54 Å². The minimum atomic E-state index is -0.782. The van der Waals surface area contributed by atoms with Crippen molar-refractivity contribution in [2.24, 2.45) is 5.92 Å². The zero-order chi connectivity index (χ0) is 22.1. The summed E-state index contributed by atoms with van der Waals surface area (Å²) in [7, 11) is 1.45. The van der Waals surface area contributed by atoms with E-state index in [1.807, 2.05) is 24.3 Å². The van der Waals surface area contributed by atoms with E-state index in [0.717, 1.165) is 24.9 Å². The summed E-state index contributed by atoms with van der Waals surface area (Å²) in [6.45, 7) is 2.26. The quantitative estimate of drug-likeness (QED) is 0.576. The van der Waals surface area contributed by atoms with Crippen LogP contribution in [0, 0.1) is 5.92 Å². The molecule has 0 aromatic heterocycles. The van der Waals surface area contributed by atoms with E-state index in [1.165, 1.54) is 23.8 Å². The molecular formula is C26H30ClNO3. The number of hydrogen-bond acceptors (Lipinski definition) is 4. The van der Waals surface area contributed by atoms with Gasteiger partial charge in [-0.05, 0) is 67.3 Å². The average Bonchev–Trinajstić information content (AvgIpc) is 3.07. The molecule has 4 rings (SSSR count). The molecule has 2 N–H and O–H groups in total. The Kier molecular flexibility index (Phi) is 6.14. The van der Waals surface area contributed by atoms with E-state index in [-0.39, 0.29) is 23.9 Å². The van der Waals surface area contributed by atoms with E-state index < -0.39 is 5.54 Å². The number of rotatable bonds is 6. The van der Waals surface area contributed by atoms with Crippen LogP contribution in [0.2, 0.25) is 5.02 Å². The third-order valence-electron chi connectivity index (χ3n) is 7.04. The van der Waals surface area contributed by atoms with E-state index in [9.17, 15) is 9.90 Å². The Bertz CT molecular complexity index is 992. The molecule has 0 bridgehead atoms. The molecule has 0 saturated heterocycles. The van der Waals surface area contributed by atoms with Crippen LogP contribution in [-0.4, -0.2) is 30.3 Å². The van der Waals surface area contributed by atoms with Gasteiger partial charge in [-0.15, -0.1) is 0 Å². The molecule has 1 fully saturated rings. The van der Waals surface area contributed by atoms with E-state index in [2.05, 4.69) is 42.6 Å². The van der Waals surface area contributed by atoms with Crippen LogP contribution in [0.4, 0.5) is 5.69 Å². The fraction of sp³-hybridized carbons (Fsp3) is 0.423. The van der Waals surface area contributed by atoms with Crippen LogP contribution in [0.5, 0.6) is 0 Å². The number of carbonyl (C=O) groups excluding carboxylic acids is 1. The van der Waals surface area contributed by atoms with E-state index in [0.29, 0.717) is 17.9 Å². The summed E-state index contributed by atoms with van der Waals surface area (Å²) in [6, 6.07) is 16.0. The van der Waals surface area contributed by atoms with Gasteiger partial charge in [-0.3, -0.25) is 0 Å². The minimum Gasteiger partial charge on any atom is -0.467 e. The van der Waals surface area contributed by atoms with Crippen LogP contribution in [0.1, 0.15) is 50.2 Å². The van der Waals surface area contributed by atoms with Crippen LogP contribution >= 0.6 is 11.6 Å². The van der Waals surface area contributed by atoms with Crippen molar-refractivity contribution in [2.45, 2.75) is 50.0 Å². The summed E-state index contributed by atoms with van der Waals surface area (Å²) >= 11 is 6.17. The number of nitrogens with one attached hydrogen (secondary N) is 1. The maximum Gasteiger partial charge on any atom is 0.331 e. The zero-order valence-corrected chi connectivity index (χ0v) is 18.9. The van der Waals surface area contributed by atoms with Crippen LogP contribution in [0.15, 0.2) is 54.1 Å². The van der Waals surface area contributed by atoms with E-state index in [1.54, 1.807) is 0 Å². The smallest absolute Gasteiger partial charge is 0.331 e. The van der Waals surface area contributed by atoms with Crippen molar-refractivity contribution in [3.63, 3.8) is 0 Å². The Hall–Kier alpha value is -2.30. The first-order valence-corrected chi connectivity index (χ1v) is 11.3. The highest BCUT2D eigenvalue weighted by Crippen LogP contribution is 2.55. The van der Waals surface area contributed by atoms with E-state index in [4.69, 9.17) is 16.3 Å². The number of hydrogen-bond donors (Lipinski definition) is 2. The molecule has 1 atom stereocenters. The summed E-state index contributed by atoms with van der Waals surface area (Å²) < 4.78 is 5.24. The topological polar surface area (TPSA) is 58.6 Å². The second kappa shape index (κ2) is 8.68. The molecule has 0 amide bonds. The number of aliphatic hydroxyl groups is 1. The van der Waals surface area contributed by atoms with Gasteiger partial charge in [0.2, 0.25) is 0 Å². The van der Waals surface area contributed by atoms with Crippen molar-refractivity contribution in [2.75, 3.05) is 19.0 Å². The highest BCUT2D eigenvalue weighted by molar-refractivity contribution is 6.30. The number of anilines is 1. The fourth-order valence-corrected chi connectivity index (χ4v) is 5.55. The highest BCUT2D eigenvalue weighted by atomic mass is 35.5. The first-order valence-electron chi connectivity index (χ1n) is 11.0. The predicted octanol–water partition coefficient (Wildman–Crippen LogP) is 5.59. The van der Waals surface area contributed by atoms with Gasteiger partial charge in [0.25, 0.3) is 0 Å². The maximum absolute atomic E-state index is 13.0. The van der Waals surface area contributed by atoms with Crippen LogP contribution in [-0.2, 0) is 14.9 Å². The Morgan fingerprint density at radius 1 is 1.16 bits per heavy atom. The van der Waals surface area contributed by atoms with E-state index >= 15 is 0 Å². The molecule has 4 nitrogen and oxygen atoms in total. The molecule has 0 unspecified atom stereocenters. The van der Waals surface area contributed by atoms with Crippen molar-refractivity contribution in [3.8, 4) is 0 Å². The lowest BCUT2D eigenvalue weighted by atomic mass is 9.61. The number of methoxy groups -OCH3 is 1. The van der Waals surface area contributed by atoms with Gasteiger partial charge in [-0.25, -0.2) is 4.79 Å². The molecular weight excluding hydrogens is 410 g/mol. The molecule has 0 radical (unpaired) electrons. The Morgan fingerprint density at radius 2 is 1.90 bits per heavy atom. The normalized spacial score (nSPS) is 25.6. The van der Waals surface area contributed by atoms with Gasteiger partial charge in [0, 0.05) is 22.7 Å². The van der Waals surface area contributed by atoms with Gasteiger partial charge in [-0.1, -0.05) is 60.5 Å². The molecule has 1 saturated carbocycles. The Labute approximate surface area is 189 Å². The van der Waals surface area contributed by atoms with Gasteiger partial charge in [-0.2, -0.15) is 0 Å². The number of allylic oxidation sites excluding steroid dienone is 1. The van der Waals surface area contributed by atoms with Crippen LogP contribution in [0.25, 0.3) is 6.08 Å². The number of fused-ring (bicyclic) bond motifs is 2. The first-order chi connectivity index (χ1) is 14.9. The number of halogens is 1. The third kappa shape index (κ3) is 3.99. The lowest BCUT2D eigenvalue weighted by molar-refractivity contribution is -0.147. The second-order valence-electron chi connectivity index (χ2n) is 9.04. The predicted molar refractivity (Wildman–Crippen MR) is 125 cm³/mol. The monoisotopic (exact) mass is 439 g/mol. The van der Waals surface area contributed by atoms with Crippen molar-refractivity contribution >= 4 is 29.3 Å². The van der Waals surface area contributed by atoms with Crippen molar-refractivity contribution in [1.29, 1.82) is 0 Å². The Balaban J connectivity index is 1.66. The molecule has 2 aliphatic rings. The molecule has 0 aliphatic heterocycles. The summed E-state index contributed by atoms with van der Waals surface area (Å²) in [5.41, 5.74) is 3.93. The van der Waals surface area contributed by atoms with Gasteiger partial charge in [0.05, 0.1) is 7.11 Å². The molecule has 2 aliphatic carbocycles. The van der Waals surface area contributed by atoms with Crippen molar-refractivity contribution in [1.82, 2.24) is 0 Å². The first kappa shape index (κ1) is 21.9. The number of benzene rings is 2. The lowest BCUT2D eigenvalue weighted by Gasteiger charge is -2.46. The van der Waals surface area contributed by atoms with Crippen molar-refractivity contribution in [3.05, 3.63) is 70.3 Å². The largest absolute Gasteiger partial charge is 0.467 e. The average molecular weight is 440 g/mol. The van der Waals surface area contributed by atoms with Crippen molar-refractivity contribution < 1.29 is 14.6 Å². The van der Waals surface area contributed by atoms with Gasteiger partial charge in [0.15, 0.2) is 0 Å². The second-order valence-corrected chi connectivity index (χ2v) is 9.48. The van der Waals surface area contributed by atoms with Gasteiger partial charge >= 0.3 is 5.97 Å².